The summed E-state index contributed by atoms with van der Waals surface area (Å²) < 4.78 is 0. The summed E-state index contributed by atoms with van der Waals surface area (Å²) in [4.78, 5) is 16.6. The molecule has 4 nitrogen and oxygen atoms in total. The zero-order valence-electron chi connectivity index (χ0n) is 14.1. The summed E-state index contributed by atoms with van der Waals surface area (Å²) in [5.41, 5.74) is 8.60. The van der Waals surface area contributed by atoms with Gasteiger partial charge in [-0.15, -0.1) is 0 Å². The third-order valence-electron chi connectivity index (χ3n) is 3.80. The molecule has 1 atom stereocenters. The number of carbonyl (C=O) groups excluding carboxylic acids is 1. The van der Waals surface area contributed by atoms with Crippen LogP contribution < -0.4 is 5.73 Å². The first-order valence-electron chi connectivity index (χ1n) is 7.83. The van der Waals surface area contributed by atoms with Gasteiger partial charge in [-0.25, -0.2) is 4.99 Å². The molecular weight excluding hydrogens is 332 g/mol. The summed E-state index contributed by atoms with van der Waals surface area (Å²) in [7, 11) is 0. The highest BCUT2D eigenvalue weighted by Gasteiger charge is 2.30. The van der Waals surface area contributed by atoms with Crippen LogP contribution in [0.4, 0.5) is 0 Å². The molecule has 1 unspecified atom stereocenters. The van der Waals surface area contributed by atoms with E-state index < -0.39 is 12.0 Å². The molecule has 2 rings (SSSR count). The molecule has 0 radical (unpaired) electrons. The van der Waals surface area contributed by atoms with Gasteiger partial charge in [0.15, 0.2) is 0 Å². The van der Waals surface area contributed by atoms with Crippen LogP contribution in [0.15, 0.2) is 69.2 Å². The molecule has 1 aliphatic heterocycles. The van der Waals surface area contributed by atoms with Crippen LogP contribution in [0.1, 0.15) is 46.3 Å². The van der Waals surface area contributed by atoms with Crippen molar-refractivity contribution in [1.29, 1.82) is 0 Å². The molecule has 1 aliphatic rings. The molecule has 0 spiro atoms. The van der Waals surface area contributed by atoms with Gasteiger partial charge >= 0.3 is 0 Å². The molecule has 1 aromatic rings. The number of aliphatic imine (C=N–C) groups is 1. The van der Waals surface area contributed by atoms with Crippen LogP contribution in [-0.4, -0.2) is 16.1 Å². The Hall–Kier alpha value is -2.11. The molecule has 0 saturated carbocycles. The highest BCUT2D eigenvalue weighted by Crippen LogP contribution is 2.41. The summed E-state index contributed by atoms with van der Waals surface area (Å²) in [5.74, 6) is -0.471. The maximum Gasteiger partial charge on any atom is 0.255 e. The standard InChI is InChI=1S/C19H22N2O2S.CH4/c1-4-5-11-21-19-15(13(3)17(24-19)18(20)23)12(2)16(22)14-9-7-6-8-10-14;/h5-11,16,22H,4H2,1-3H3,(H2,20,23);1H4/b11-5+,15-12+,21-19-;. The van der Waals surface area contributed by atoms with Gasteiger partial charge in [0, 0.05) is 11.8 Å². The third kappa shape index (κ3) is 4.71. The van der Waals surface area contributed by atoms with Crippen LogP contribution in [-0.2, 0) is 4.79 Å². The SMILES string of the molecule is C.CC/C=C/N=C1\SC(C(N)=O)=C(C)\C1=C(\C)C(O)c1ccccc1. The second-order valence-corrected chi connectivity index (χ2v) is 6.52. The third-order valence-corrected chi connectivity index (χ3v) is 5.02. The maximum absolute atomic E-state index is 11.7. The van der Waals surface area contributed by atoms with Gasteiger partial charge in [-0.05, 0) is 37.0 Å². The van der Waals surface area contributed by atoms with E-state index in [0.29, 0.717) is 9.95 Å². The van der Waals surface area contributed by atoms with Gasteiger partial charge < -0.3 is 10.8 Å². The predicted octanol–water partition coefficient (Wildman–Crippen LogP) is 4.50. The Morgan fingerprint density at radius 1 is 1.36 bits per heavy atom. The minimum Gasteiger partial charge on any atom is -0.384 e. The molecule has 5 heteroatoms. The fraction of sp³-hybridized carbons (Fsp3) is 0.300. The van der Waals surface area contributed by atoms with Gasteiger partial charge in [0.25, 0.3) is 5.91 Å². The van der Waals surface area contributed by atoms with Crippen LogP contribution in [0.5, 0.6) is 0 Å². The number of aliphatic hydroxyl groups excluding tert-OH is 1. The van der Waals surface area contributed by atoms with E-state index in [1.165, 1.54) is 11.8 Å². The van der Waals surface area contributed by atoms with Crippen LogP contribution in [0.25, 0.3) is 0 Å². The molecule has 0 aromatic heterocycles. The molecule has 1 heterocycles. The molecule has 25 heavy (non-hydrogen) atoms. The van der Waals surface area contributed by atoms with Gasteiger partial charge in [0.2, 0.25) is 0 Å². The van der Waals surface area contributed by atoms with Gasteiger partial charge in [0.1, 0.15) is 11.1 Å². The number of nitrogens with two attached hydrogens (primary N) is 1. The molecular formula is C20H26N2O2S. The van der Waals surface area contributed by atoms with E-state index in [2.05, 4.69) is 4.99 Å². The minimum atomic E-state index is -0.760. The summed E-state index contributed by atoms with van der Waals surface area (Å²) in [6, 6.07) is 9.42. The van der Waals surface area contributed by atoms with E-state index in [0.717, 1.165) is 28.7 Å². The Balaban J connectivity index is 0.00000312. The Bertz CT molecular complexity index is 746. The smallest absolute Gasteiger partial charge is 0.255 e. The van der Waals surface area contributed by atoms with Gasteiger partial charge in [-0.2, -0.15) is 0 Å². The molecule has 134 valence electrons. The number of hydrogen-bond donors (Lipinski definition) is 2. The number of rotatable bonds is 5. The lowest BCUT2D eigenvalue weighted by atomic mass is 9.94. The number of benzene rings is 1. The number of nitrogens with zero attached hydrogens (tertiary/aromatic N) is 1. The second kappa shape index (κ2) is 9.39. The summed E-state index contributed by atoms with van der Waals surface area (Å²) in [6.45, 7) is 5.73. The number of thioether (sulfide) groups is 1. The lowest BCUT2D eigenvalue weighted by Gasteiger charge is -2.15. The molecule has 0 saturated heterocycles. The van der Waals surface area contributed by atoms with Crippen molar-refractivity contribution in [2.24, 2.45) is 10.7 Å². The molecule has 3 N–H and O–H groups in total. The van der Waals surface area contributed by atoms with Crippen LogP contribution >= 0.6 is 11.8 Å². The molecule has 0 fully saturated rings. The van der Waals surface area contributed by atoms with E-state index >= 15 is 0 Å². The van der Waals surface area contributed by atoms with E-state index in [1.54, 1.807) is 6.20 Å². The zero-order chi connectivity index (χ0) is 17.7. The van der Waals surface area contributed by atoms with E-state index in [9.17, 15) is 9.90 Å². The highest BCUT2D eigenvalue weighted by atomic mass is 32.2. The van der Waals surface area contributed by atoms with E-state index in [4.69, 9.17) is 5.73 Å². The number of primary amides is 1. The van der Waals surface area contributed by atoms with Crippen molar-refractivity contribution >= 4 is 22.7 Å². The summed E-state index contributed by atoms with van der Waals surface area (Å²) in [6.07, 6.45) is 3.78. The van der Waals surface area contributed by atoms with E-state index in [-0.39, 0.29) is 7.43 Å². The molecule has 1 aromatic carbocycles. The molecule has 0 bridgehead atoms. The van der Waals surface area contributed by atoms with Crippen molar-refractivity contribution in [1.82, 2.24) is 0 Å². The topological polar surface area (TPSA) is 75.7 Å². The van der Waals surface area contributed by atoms with Gasteiger partial charge in [0.05, 0.1) is 4.91 Å². The fourth-order valence-corrected chi connectivity index (χ4v) is 3.62. The summed E-state index contributed by atoms with van der Waals surface area (Å²) >= 11 is 1.26. The lowest BCUT2D eigenvalue weighted by molar-refractivity contribution is -0.113. The lowest BCUT2D eigenvalue weighted by Crippen LogP contribution is -2.11. The maximum atomic E-state index is 11.7. The largest absolute Gasteiger partial charge is 0.384 e. The molecule has 1 amide bonds. The van der Waals surface area contributed by atoms with Crippen LogP contribution in [0.2, 0.25) is 0 Å². The van der Waals surface area contributed by atoms with Crippen LogP contribution in [0.3, 0.4) is 0 Å². The highest BCUT2D eigenvalue weighted by molar-refractivity contribution is 8.19. The molecule has 0 aliphatic carbocycles. The van der Waals surface area contributed by atoms with Gasteiger partial charge in [-0.3, -0.25) is 4.79 Å². The number of allylic oxidation sites excluding steroid dienone is 2. The van der Waals surface area contributed by atoms with Gasteiger partial charge in [-0.1, -0.05) is 62.5 Å². The number of amides is 1. The van der Waals surface area contributed by atoms with Crippen molar-refractivity contribution in [3.8, 4) is 0 Å². The number of aliphatic hydroxyl groups is 1. The van der Waals surface area contributed by atoms with E-state index in [1.807, 2.05) is 57.2 Å². The first kappa shape index (κ1) is 20.9. The van der Waals surface area contributed by atoms with Crippen molar-refractivity contribution in [3.05, 3.63) is 69.8 Å². The normalized spacial score (nSPS) is 19.3. The van der Waals surface area contributed by atoms with Crippen molar-refractivity contribution in [2.45, 2.75) is 40.7 Å². The van der Waals surface area contributed by atoms with Crippen LogP contribution in [0, 0.1) is 0 Å². The second-order valence-electron chi connectivity index (χ2n) is 5.52. The average Bonchev–Trinajstić information content (AvgIpc) is 2.91. The fourth-order valence-electron chi connectivity index (χ4n) is 2.54. The number of hydrogen-bond acceptors (Lipinski definition) is 4. The Morgan fingerprint density at radius 2 is 2.00 bits per heavy atom. The first-order valence-corrected chi connectivity index (χ1v) is 8.64. The Morgan fingerprint density at radius 3 is 2.56 bits per heavy atom. The van der Waals surface area contributed by atoms with Crippen molar-refractivity contribution in [3.63, 3.8) is 0 Å². The summed E-state index contributed by atoms with van der Waals surface area (Å²) in [5, 5.41) is 11.4. The first-order chi connectivity index (χ1) is 11.5. The number of carbonyl (C=O) groups is 1. The quantitative estimate of drug-likeness (QED) is 0.813. The van der Waals surface area contributed by atoms with Crippen molar-refractivity contribution in [2.75, 3.05) is 0 Å². The van der Waals surface area contributed by atoms with Crippen molar-refractivity contribution < 1.29 is 9.90 Å². The zero-order valence-corrected chi connectivity index (χ0v) is 14.9. The Kier molecular flexibility index (Phi) is 7.87. The minimum absolute atomic E-state index is 0. The monoisotopic (exact) mass is 358 g/mol. The predicted molar refractivity (Wildman–Crippen MR) is 107 cm³/mol. The average molecular weight is 359 g/mol. The Labute approximate surface area is 154 Å².